The lowest BCUT2D eigenvalue weighted by atomic mass is 9.84. The number of benzene rings is 1. The third-order valence-corrected chi connectivity index (χ3v) is 5.61. The number of amides is 4. The van der Waals surface area contributed by atoms with E-state index in [1.807, 2.05) is 24.3 Å². The molecule has 6 heteroatoms. The van der Waals surface area contributed by atoms with Crippen LogP contribution in [-0.2, 0) is 20.5 Å². The highest BCUT2D eigenvalue weighted by molar-refractivity contribution is 6.09. The van der Waals surface area contributed by atoms with E-state index < -0.39 is 11.6 Å². The van der Waals surface area contributed by atoms with Gasteiger partial charge in [0.2, 0.25) is 5.91 Å². The molecule has 27 heavy (non-hydrogen) atoms. The number of nitrogens with zero attached hydrogens (tertiary/aromatic N) is 2. The van der Waals surface area contributed by atoms with Gasteiger partial charge in [0, 0.05) is 13.1 Å². The molecule has 1 N–H and O–H groups in total. The monoisotopic (exact) mass is 371 g/mol. The molecular formula is C21H29N3O3. The predicted molar refractivity (Wildman–Crippen MR) is 103 cm³/mol. The molecule has 1 atom stereocenters. The van der Waals surface area contributed by atoms with Crippen molar-refractivity contribution in [1.29, 1.82) is 0 Å². The summed E-state index contributed by atoms with van der Waals surface area (Å²) in [7, 11) is 0. The number of rotatable bonds is 3. The highest BCUT2D eigenvalue weighted by atomic mass is 16.2. The van der Waals surface area contributed by atoms with Crippen LogP contribution in [0.2, 0.25) is 0 Å². The average Bonchev–Trinajstić information content (AvgIpc) is 2.86. The van der Waals surface area contributed by atoms with Gasteiger partial charge in [-0.3, -0.25) is 14.5 Å². The van der Waals surface area contributed by atoms with Crippen molar-refractivity contribution in [2.24, 2.45) is 0 Å². The molecule has 2 saturated heterocycles. The second-order valence-electron chi connectivity index (χ2n) is 8.72. The van der Waals surface area contributed by atoms with E-state index in [1.165, 1.54) is 0 Å². The molecule has 2 aliphatic heterocycles. The summed E-state index contributed by atoms with van der Waals surface area (Å²) in [4.78, 5) is 40.7. The molecule has 0 aromatic heterocycles. The normalized spacial score (nSPS) is 23.6. The first-order valence-electron chi connectivity index (χ1n) is 9.66. The maximum atomic E-state index is 13.0. The van der Waals surface area contributed by atoms with Crippen molar-refractivity contribution >= 4 is 17.8 Å². The molecule has 0 bridgehead atoms. The number of carbonyl (C=O) groups excluding carboxylic acids is 3. The molecule has 2 fully saturated rings. The predicted octanol–water partition coefficient (Wildman–Crippen LogP) is 2.76. The van der Waals surface area contributed by atoms with Gasteiger partial charge in [-0.25, -0.2) is 4.79 Å². The Bertz CT molecular complexity index is 745. The maximum absolute atomic E-state index is 13.0. The zero-order valence-electron chi connectivity index (χ0n) is 16.7. The van der Waals surface area contributed by atoms with E-state index in [1.54, 1.807) is 11.8 Å². The van der Waals surface area contributed by atoms with Crippen molar-refractivity contribution in [3.05, 3.63) is 35.4 Å². The molecule has 146 valence electrons. The molecule has 0 radical (unpaired) electrons. The number of hydrogen-bond donors (Lipinski definition) is 1. The second-order valence-corrected chi connectivity index (χ2v) is 8.72. The zero-order valence-corrected chi connectivity index (χ0v) is 16.7. The van der Waals surface area contributed by atoms with Crippen molar-refractivity contribution in [3.63, 3.8) is 0 Å². The fourth-order valence-corrected chi connectivity index (χ4v) is 3.72. The third kappa shape index (κ3) is 3.70. The Labute approximate surface area is 160 Å². The van der Waals surface area contributed by atoms with Gasteiger partial charge in [-0.2, -0.15) is 0 Å². The van der Waals surface area contributed by atoms with Gasteiger partial charge >= 0.3 is 6.03 Å². The first-order valence-corrected chi connectivity index (χ1v) is 9.66. The number of piperidine rings is 1. The molecule has 2 aliphatic rings. The van der Waals surface area contributed by atoms with Crippen LogP contribution in [0.25, 0.3) is 0 Å². The van der Waals surface area contributed by atoms with Gasteiger partial charge < -0.3 is 10.2 Å². The third-order valence-electron chi connectivity index (χ3n) is 5.61. The Hall–Kier alpha value is -2.37. The largest absolute Gasteiger partial charge is 0.341 e. The molecule has 0 saturated carbocycles. The summed E-state index contributed by atoms with van der Waals surface area (Å²) in [5.41, 5.74) is 0.746. The minimum Gasteiger partial charge on any atom is -0.341 e. The van der Waals surface area contributed by atoms with E-state index in [9.17, 15) is 14.4 Å². The van der Waals surface area contributed by atoms with Crippen LogP contribution in [-0.4, -0.2) is 47.3 Å². The molecule has 1 unspecified atom stereocenters. The van der Waals surface area contributed by atoms with Crippen molar-refractivity contribution in [1.82, 2.24) is 15.1 Å². The summed E-state index contributed by atoms with van der Waals surface area (Å²) in [6.07, 6.45) is 3.07. The van der Waals surface area contributed by atoms with Crippen LogP contribution in [0.1, 0.15) is 58.1 Å². The number of imide groups is 1. The van der Waals surface area contributed by atoms with E-state index in [0.29, 0.717) is 13.1 Å². The van der Waals surface area contributed by atoms with Crippen LogP contribution in [0.5, 0.6) is 0 Å². The zero-order chi connectivity index (χ0) is 19.8. The van der Waals surface area contributed by atoms with Crippen molar-refractivity contribution < 1.29 is 14.4 Å². The van der Waals surface area contributed by atoms with Crippen molar-refractivity contribution in [2.45, 2.75) is 57.9 Å². The number of carbonyl (C=O) groups is 3. The summed E-state index contributed by atoms with van der Waals surface area (Å²) >= 11 is 0. The van der Waals surface area contributed by atoms with Gasteiger partial charge in [0.25, 0.3) is 5.91 Å². The van der Waals surface area contributed by atoms with Gasteiger partial charge in [-0.05, 0) is 42.7 Å². The highest BCUT2D eigenvalue weighted by Gasteiger charge is 2.49. The minimum atomic E-state index is -1.14. The number of likely N-dealkylation sites (tertiary alicyclic amines) is 1. The van der Waals surface area contributed by atoms with Crippen LogP contribution < -0.4 is 5.32 Å². The van der Waals surface area contributed by atoms with Crippen LogP contribution in [0.3, 0.4) is 0 Å². The van der Waals surface area contributed by atoms with E-state index in [-0.39, 0.29) is 23.8 Å². The van der Waals surface area contributed by atoms with Gasteiger partial charge in [-0.1, -0.05) is 45.0 Å². The lowest BCUT2D eigenvalue weighted by molar-refractivity contribution is -0.139. The topological polar surface area (TPSA) is 69.7 Å². The SMILES string of the molecule is CC(C)(C)c1ccc(C2(C)NC(=O)N(CC(=O)N3CCCCC3)C2=O)cc1. The summed E-state index contributed by atoms with van der Waals surface area (Å²) in [6.45, 7) is 9.29. The summed E-state index contributed by atoms with van der Waals surface area (Å²) in [5.74, 6) is -0.535. The molecular weight excluding hydrogens is 342 g/mol. The molecule has 3 rings (SSSR count). The molecule has 0 spiro atoms. The van der Waals surface area contributed by atoms with Gasteiger partial charge in [0.05, 0.1) is 0 Å². The fourth-order valence-electron chi connectivity index (χ4n) is 3.72. The van der Waals surface area contributed by atoms with Gasteiger partial charge in [0.15, 0.2) is 0 Å². The quantitative estimate of drug-likeness (QED) is 0.831. The van der Waals surface area contributed by atoms with Crippen LogP contribution in [0.4, 0.5) is 4.79 Å². The van der Waals surface area contributed by atoms with E-state index in [0.717, 1.165) is 35.3 Å². The van der Waals surface area contributed by atoms with E-state index in [4.69, 9.17) is 0 Å². The van der Waals surface area contributed by atoms with Crippen LogP contribution in [0, 0.1) is 0 Å². The first-order chi connectivity index (χ1) is 12.6. The minimum absolute atomic E-state index is 0.00919. The van der Waals surface area contributed by atoms with Gasteiger partial charge in [-0.15, -0.1) is 0 Å². The highest BCUT2D eigenvalue weighted by Crippen LogP contribution is 2.31. The van der Waals surface area contributed by atoms with Crippen LogP contribution in [0.15, 0.2) is 24.3 Å². The average molecular weight is 371 g/mol. The standard InChI is InChI=1S/C21H29N3O3/c1-20(2,3)15-8-10-16(11-9-15)21(4)18(26)24(19(27)22-21)14-17(25)23-12-6-5-7-13-23/h8-11H,5-7,12-14H2,1-4H3,(H,22,27). The summed E-state index contributed by atoms with van der Waals surface area (Å²) in [5, 5.41) is 2.78. The molecule has 1 aromatic rings. The van der Waals surface area contributed by atoms with Crippen molar-refractivity contribution in [2.75, 3.05) is 19.6 Å². The molecule has 1 aromatic carbocycles. The first kappa shape index (κ1) is 19.4. The molecule has 6 nitrogen and oxygen atoms in total. The van der Waals surface area contributed by atoms with Gasteiger partial charge in [0.1, 0.15) is 12.1 Å². The summed E-state index contributed by atoms with van der Waals surface area (Å²) in [6, 6.07) is 7.24. The number of hydrogen-bond acceptors (Lipinski definition) is 3. The van der Waals surface area contributed by atoms with E-state index >= 15 is 0 Å². The number of nitrogens with one attached hydrogen (secondary N) is 1. The van der Waals surface area contributed by atoms with Crippen LogP contribution >= 0.6 is 0 Å². The Morgan fingerprint density at radius 2 is 1.67 bits per heavy atom. The molecule has 2 heterocycles. The number of urea groups is 1. The molecule has 0 aliphatic carbocycles. The smallest absolute Gasteiger partial charge is 0.325 e. The van der Waals surface area contributed by atoms with E-state index in [2.05, 4.69) is 26.1 Å². The Morgan fingerprint density at radius 1 is 1.07 bits per heavy atom. The Morgan fingerprint density at radius 3 is 2.22 bits per heavy atom. The lowest BCUT2D eigenvalue weighted by Gasteiger charge is -2.28. The molecule has 4 amide bonds. The second kappa shape index (κ2) is 6.98. The Kier molecular flexibility index (Phi) is 5.02. The van der Waals surface area contributed by atoms with Crippen molar-refractivity contribution in [3.8, 4) is 0 Å². The maximum Gasteiger partial charge on any atom is 0.325 e. The Balaban J connectivity index is 1.77. The summed E-state index contributed by atoms with van der Waals surface area (Å²) < 4.78 is 0. The fraction of sp³-hybridized carbons (Fsp3) is 0.571. The lowest BCUT2D eigenvalue weighted by Crippen LogP contribution is -2.45.